The summed E-state index contributed by atoms with van der Waals surface area (Å²) in [7, 11) is 0. The fourth-order valence-corrected chi connectivity index (χ4v) is 3.30. The maximum absolute atomic E-state index is 12.9. The third-order valence-corrected chi connectivity index (χ3v) is 4.54. The number of fused-ring (bicyclic) bond motifs is 1. The maximum atomic E-state index is 12.9. The van der Waals surface area contributed by atoms with Crippen molar-refractivity contribution in [1.82, 2.24) is 5.32 Å². The summed E-state index contributed by atoms with van der Waals surface area (Å²) in [6.45, 7) is 2.10. The summed E-state index contributed by atoms with van der Waals surface area (Å²) in [5, 5.41) is 6.92. The molecule has 0 amide bonds. The second-order valence-corrected chi connectivity index (χ2v) is 6.47. The first-order valence-corrected chi connectivity index (χ1v) is 8.47. The van der Waals surface area contributed by atoms with Crippen molar-refractivity contribution in [2.45, 2.75) is 38.6 Å². The van der Waals surface area contributed by atoms with Crippen LogP contribution in [0.2, 0.25) is 0 Å². The Labute approximate surface area is 142 Å². The molecule has 0 saturated carbocycles. The van der Waals surface area contributed by atoms with Crippen molar-refractivity contribution in [2.75, 3.05) is 5.32 Å². The van der Waals surface area contributed by atoms with Gasteiger partial charge in [-0.15, -0.1) is 0 Å². The molecular weight excluding hydrogens is 307 g/mol. The molecule has 0 fully saturated rings. The molecule has 1 aliphatic carbocycles. The van der Waals surface area contributed by atoms with E-state index in [2.05, 4.69) is 35.8 Å². The lowest BCUT2D eigenvalue weighted by atomic mass is 9.89. The first kappa shape index (κ1) is 15.9. The minimum atomic E-state index is -0.253. The maximum Gasteiger partial charge on any atom is 0.171 e. The average Bonchev–Trinajstić information content (AvgIpc) is 2.56. The predicted octanol–water partition coefficient (Wildman–Crippen LogP) is 4.75. The van der Waals surface area contributed by atoms with E-state index in [4.69, 9.17) is 12.2 Å². The lowest BCUT2D eigenvalue weighted by Crippen LogP contribution is -2.31. The molecule has 0 saturated heterocycles. The summed E-state index contributed by atoms with van der Waals surface area (Å²) in [6.07, 6.45) is 4.95. The van der Waals surface area contributed by atoms with Crippen molar-refractivity contribution < 1.29 is 4.39 Å². The lowest BCUT2D eigenvalue weighted by molar-refractivity contribution is 0.628. The molecular formula is C19H21FN2S. The van der Waals surface area contributed by atoms with Crippen LogP contribution < -0.4 is 10.6 Å². The third-order valence-electron chi connectivity index (χ3n) is 4.32. The molecule has 4 heteroatoms. The van der Waals surface area contributed by atoms with E-state index in [0.717, 1.165) is 5.69 Å². The number of hydrogen-bond donors (Lipinski definition) is 2. The summed E-state index contributed by atoms with van der Waals surface area (Å²) in [6, 6.07) is 13.0. The van der Waals surface area contributed by atoms with E-state index in [1.54, 1.807) is 12.1 Å². The number of nitrogens with one attached hydrogen (secondary N) is 2. The quantitative estimate of drug-likeness (QED) is 0.795. The van der Waals surface area contributed by atoms with Gasteiger partial charge >= 0.3 is 0 Å². The molecule has 2 aromatic rings. The van der Waals surface area contributed by atoms with Gasteiger partial charge in [-0.25, -0.2) is 4.39 Å². The number of rotatable bonds is 3. The molecule has 0 unspecified atom stereocenters. The Morgan fingerprint density at radius 1 is 1.04 bits per heavy atom. The van der Waals surface area contributed by atoms with Crippen LogP contribution in [0.5, 0.6) is 0 Å². The second kappa shape index (κ2) is 7.09. The first-order chi connectivity index (χ1) is 11.1. The van der Waals surface area contributed by atoms with Crippen LogP contribution in [0.3, 0.4) is 0 Å². The molecule has 0 aliphatic heterocycles. The van der Waals surface area contributed by atoms with Gasteiger partial charge in [-0.3, -0.25) is 0 Å². The van der Waals surface area contributed by atoms with Gasteiger partial charge in [-0.2, -0.15) is 0 Å². The van der Waals surface area contributed by atoms with Crippen molar-refractivity contribution in [3.05, 3.63) is 65.0 Å². The molecule has 0 bridgehead atoms. The number of benzene rings is 2. The van der Waals surface area contributed by atoms with E-state index in [1.807, 2.05) is 0 Å². The summed E-state index contributed by atoms with van der Waals surface area (Å²) in [5.41, 5.74) is 4.98. The largest absolute Gasteiger partial charge is 0.356 e. The fourth-order valence-electron chi connectivity index (χ4n) is 3.00. The van der Waals surface area contributed by atoms with Gasteiger partial charge in [0, 0.05) is 5.69 Å². The highest BCUT2D eigenvalue weighted by molar-refractivity contribution is 7.80. The van der Waals surface area contributed by atoms with Gasteiger partial charge in [0.25, 0.3) is 0 Å². The van der Waals surface area contributed by atoms with Gasteiger partial charge in [0.1, 0.15) is 5.82 Å². The van der Waals surface area contributed by atoms with Crippen LogP contribution in [0.4, 0.5) is 10.1 Å². The number of hydrogen-bond acceptors (Lipinski definition) is 1. The standard InChI is InChI=1S/C19H21FN2S/c1-13(15-7-6-14-4-2-3-5-16(14)12-15)21-19(23)22-18-10-8-17(20)9-11-18/h6-13H,2-5H2,1H3,(H2,21,22,23)/t13-/m1/s1. The van der Waals surface area contributed by atoms with Gasteiger partial charge in [0.15, 0.2) is 5.11 Å². The lowest BCUT2D eigenvalue weighted by Gasteiger charge is -2.21. The van der Waals surface area contributed by atoms with Crippen molar-refractivity contribution in [2.24, 2.45) is 0 Å². The van der Waals surface area contributed by atoms with Crippen LogP contribution in [-0.2, 0) is 12.8 Å². The fraction of sp³-hybridized carbons (Fsp3) is 0.316. The summed E-state index contributed by atoms with van der Waals surface area (Å²) in [5.74, 6) is -0.253. The van der Waals surface area contributed by atoms with Crippen LogP contribution in [0, 0.1) is 5.82 Å². The van der Waals surface area contributed by atoms with Crippen LogP contribution in [0.25, 0.3) is 0 Å². The summed E-state index contributed by atoms with van der Waals surface area (Å²) >= 11 is 5.35. The first-order valence-electron chi connectivity index (χ1n) is 8.06. The smallest absolute Gasteiger partial charge is 0.171 e. The predicted molar refractivity (Wildman–Crippen MR) is 97.3 cm³/mol. The molecule has 1 atom stereocenters. The highest BCUT2D eigenvalue weighted by Crippen LogP contribution is 2.24. The molecule has 120 valence electrons. The Kier molecular flexibility index (Phi) is 4.91. The normalized spacial score (nSPS) is 14.7. The van der Waals surface area contributed by atoms with E-state index in [-0.39, 0.29) is 11.9 Å². The molecule has 0 radical (unpaired) electrons. The average molecular weight is 328 g/mol. The summed E-state index contributed by atoms with van der Waals surface area (Å²) < 4.78 is 12.9. The molecule has 2 nitrogen and oxygen atoms in total. The number of halogens is 1. The van der Waals surface area contributed by atoms with E-state index in [0.29, 0.717) is 5.11 Å². The van der Waals surface area contributed by atoms with E-state index in [9.17, 15) is 4.39 Å². The molecule has 23 heavy (non-hydrogen) atoms. The van der Waals surface area contributed by atoms with Crippen LogP contribution in [-0.4, -0.2) is 5.11 Å². The summed E-state index contributed by atoms with van der Waals surface area (Å²) in [4.78, 5) is 0. The Morgan fingerprint density at radius 2 is 1.74 bits per heavy atom. The number of anilines is 1. The van der Waals surface area contributed by atoms with E-state index < -0.39 is 0 Å². The number of aryl methyl sites for hydroxylation is 2. The van der Waals surface area contributed by atoms with Crippen molar-refractivity contribution in [3.8, 4) is 0 Å². The zero-order chi connectivity index (χ0) is 16.2. The molecule has 2 N–H and O–H groups in total. The molecule has 0 spiro atoms. The van der Waals surface area contributed by atoms with Crippen molar-refractivity contribution in [1.29, 1.82) is 0 Å². The monoisotopic (exact) mass is 328 g/mol. The molecule has 0 heterocycles. The second-order valence-electron chi connectivity index (χ2n) is 6.06. The molecule has 0 aromatic heterocycles. The highest BCUT2D eigenvalue weighted by atomic mass is 32.1. The molecule has 1 aliphatic rings. The SMILES string of the molecule is C[C@@H](NC(=S)Nc1ccc(F)cc1)c1ccc2c(c1)CCCC2. The zero-order valence-corrected chi connectivity index (χ0v) is 14.0. The van der Waals surface area contributed by atoms with Gasteiger partial charge in [-0.05, 0) is 85.8 Å². The van der Waals surface area contributed by atoms with Crippen LogP contribution in [0.1, 0.15) is 42.5 Å². The van der Waals surface area contributed by atoms with Gasteiger partial charge in [-0.1, -0.05) is 18.2 Å². The molecule has 2 aromatic carbocycles. The minimum Gasteiger partial charge on any atom is -0.356 e. The van der Waals surface area contributed by atoms with E-state index >= 15 is 0 Å². The van der Waals surface area contributed by atoms with E-state index in [1.165, 1.54) is 54.5 Å². The van der Waals surface area contributed by atoms with Crippen LogP contribution in [0.15, 0.2) is 42.5 Å². The van der Waals surface area contributed by atoms with Crippen LogP contribution >= 0.6 is 12.2 Å². The van der Waals surface area contributed by atoms with Gasteiger partial charge < -0.3 is 10.6 Å². The highest BCUT2D eigenvalue weighted by Gasteiger charge is 2.13. The van der Waals surface area contributed by atoms with Crippen molar-refractivity contribution >= 4 is 23.0 Å². The number of thiocarbonyl (C=S) groups is 1. The Morgan fingerprint density at radius 3 is 2.48 bits per heavy atom. The topological polar surface area (TPSA) is 24.1 Å². The Bertz CT molecular complexity index is 697. The van der Waals surface area contributed by atoms with Crippen molar-refractivity contribution in [3.63, 3.8) is 0 Å². The Hall–Kier alpha value is -1.94. The minimum absolute atomic E-state index is 0.127. The molecule has 3 rings (SSSR count). The third kappa shape index (κ3) is 4.08. The van der Waals surface area contributed by atoms with Gasteiger partial charge in [0.05, 0.1) is 6.04 Å². The van der Waals surface area contributed by atoms with Gasteiger partial charge in [0.2, 0.25) is 0 Å². The Balaban J connectivity index is 1.63. The zero-order valence-electron chi connectivity index (χ0n) is 13.2.